The zero-order chi connectivity index (χ0) is 13.5. The molecule has 7 nitrogen and oxygen atoms in total. The Labute approximate surface area is 109 Å². The third-order valence-electron chi connectivity index (χ3n) is 2.16. The molecule has 0 spiro atoms. The van der Waals surface area contributed by atoms with Crippen LogP contribution in [-0.2, 0) is 4.74 Å². The van der Waals surface area contributed by atoms with Crippen LogP contribution in [0.4, 0.5) is 11.5 Å². The van der Waals surface area contributed by atoms with Gasteiger partial charge < -0.3 is 15.2 Å². The minimum absolute atomic E-state index is 0.133. The summed E-state index contributed by atoms with van der Waals surface area (Å²) in [4.78, 5) is 14.1. The number of hydrogen-bond donors (Lipinski definition) is 2. The number of aliphatic hydroxyl groups is 1. The molecule has 8 heteroatoms. The van der Waals surface area contributed by atoms with Crippen LogP contribution in [0.25, 0.3) is 0 Å². The molecule has 1 heterocycles. The van der Waals surface area contributed by atoms with Gasteiger partial charge >= 0.3 is 5.69 Å². The van der Waals surface area contributed by atoms with Gasteiger partial charge in [0.05, 0.1) is 22.7 Å². The number of nitrogens with one attached hydrogen (secondary N) is 1. The van der Waals surface area contributed by atoms with Gasteiger partial charge in [-0.05, 0) is 6.42 Å². The van der Waals surface area contributed by atoms with Crippen molar-refractivity contribution in [3.63, 3.8) is 0 Å². The van der Waals surface area contributed by atoms with Crippen molar-refractivity contribution in [1.29, 1.82) is 0 Å². The second-order valence-corrected chi connectivity index (χ2v) is 4.04. The number of pyridine rings is 1. The third kappa shape index (κ3) is 4.44. The van der Waals surface area contributed by atoms with Crippen LogP contribution in [-0.4, -0.2) is 41.4 Å². The predicted octanol–water partition coefficient (Wildman–Crippen LogP) is 1.45. The zero-order valence-corrected chi connectivity index (χ0v) is 10.6. The van der Waals surface area contributed by atoms with Crippen molar-refractivity contribution >= 4 is 23.1 Å². The zero-order valence-electron chi connectivity index (χ0n) is 9.80. The van der Waals surface area contributed by atoms with Crippen LogP contribution in [0.2, 0.25) is 5.02 Å². The summed E-state index contributed by atoms with van der Waals surface area (Å²) in [5, 5.41) is 23.2. The van der Waals surface area contributed by atoms with E-state index in [1.807, 2.05) is 0 Å². The fourth-order valence-corrected chi connectivity index (χ4v) is 1.49. The summed E-state index contributed by atoms with van der Waals surface area (Å²) < 4.78 is 4.76. The molecule has 0 aliphatic rings. The fraction of sp³-hybridized carbons (Fsp3) is 0.500. The Hall–Kier alpha value is -1.44. The lowest BCUT2D eigenvalue weighted by molar-refractivity contribution is -0.384. The van der Waals surface area contributed by atoms with Gasteiger partial charge in [0, 0.05) is 25.9 Å². The first-order chi connectivity index (χ1) is 8.54. The van der Waals surface area contributed by atoms with Gasteiger partial charge in [0.2, 0.25) is 5.82 Å². The highest BCUT2D eigenvalue weighted by molar-refractivity contribution is 6.30. The van der Waals surface area contributed by atoms with E-state index in [1.165, 1.54) is 19.4 Å². The number of anilines is 1. The van der Waals surface area contributed by atoms with E-state index in [1.54, 1.807) is 0 Å². The number of methoxy groups -OCH3 is 1. The van der Waals surface area contributed by atoms with Crippen LogP contribution in [0, 0.1) is 10.1 Å². The van der Waals surface area contributed by atoms with Gasteiger partial charge in [-0.15, -0.1) is 0 Å². The monoisotopic (exact) mass is 275 g/mol. The Bertz CT molecular complexity index is 416. The number of halogens is 1. The molecule has 1 atom stereocenters. The van der Waals surface area contributed by atoms with E-state index < -0.39 is 11.0 Å². The third-order valence-corrected chi connectivity index (χ3v) is 2.37. The molecule has 18 heavy (non-hydrogen) atoms. The van der Waals surface area contributed by atoms with E-state index in [0.29, 0.717) is 13.0 Å². The summed E-state index contributed by atoms with van der Waals surface area (Å²) in [6.07, 6.45) is 1.10. The van der Waals surface area contributed by atoms with Crippen LogP contribution in [0.15, 0.2) is 12.3 Å². The Morgan fingerprint density at radius 1 is 1.72 bits per heavy atom. The van der Waals surface area contributed by atoms with E-state index in [9.17, 15) is 15.2 Å². The highest BCUT2D eigenvalue weighted by Crippen LogP contribution is 2.24. The molecule has 0 saturated carbocycles. The van der Waals surface area contributed by atoms with Crippen molar-refractivity contribution in [2.75, 3.05) is 25.6 Å². The molecule has 1 rings (SSSR count). The maximum absolute atomic E-state index is 10.8. The molecule has 1 aromatic heterocycles. The molecule has 1 aromatic rings. The largest absolute Gasteiger partial charge is 0.391 e. The molecule has 0 saturated heterocycles. The Kier molecular flexibility index (Phi) is 5.76. The van der Waals surface area contributed by atoms with Gasteiger partial charge in [-0.25, -0.2) is 4.98 Å². The first kappa shape index (κ1) is 14.6. The van der Waals surface area contributed by atoms with Gasteiger partial charge in [0.15, 0.2) is 0 Å². The fourth-order valence-electron chi connectivity index (χ4n) is 1.34. The number of ether oxygens (including phenoxy) is 1. The van der Waals surface area contributed by atoms with E-state index >= 15 is 0 Å². The summed E-state index contributed by atoms with van der Waals surface area (Å²) >= 11 is 5.64. The van der Waals surface area contributed by atoms with Crippen molar-refractivity contribution in [3.05, 3.63) is 27.4 Å². The standard InChI is InChI=1S/C10H14ClN3O4/c1-18-6-8(15)2-3-12-10-9(14(16)17)4-7(11)5-13-10/h4-5,8,15H,2-3,6H2,1H3,(H,12,13). The molecule has 0 aliphatic heterocycles. The van der Waals surface area contributed by atoms with Gasteiger partial charge in [0.25, 0.3) is 0 Å². The minimum atomic E-state index is -0.617. The summed E-state index contributed by atoms with van der Waals surface area (Å²) in [5.74, 6) is 0.133. The average Bonchev–Trinajstić information content (AvgIpc) is 2.31. The maximum atomic E-state index is 10.8. The second-order valence-electron chi connectivity index (χ2n) is 3.60. The number of nitrogens with zero attached hydrogens (tertiary/aromatic N) is 2. The lowest BCUT2D eigenvalue weighted by Gasteiger charge is -2.10. The van der Waals surface area contributed by atoms with E-state index in [2.05, 4.69) is 10.3 Å². The molecule has 0 aliphatic carbocycles. The summed E-state index contributed by atoms with van der Waals surface area (Å²) in [7, 11) is 1.49. The first-order valence-corrected chi connectivity index (χ1v) is 5.63. The molecule has 0 radical (unpaired) electrons. The summed E-state index contributed by atoms with van der Waals surface area (Å²) in [5.41, 5.74) is -0.191. The summed E-state index contributed by atoms with van der Waals surface area (Å²) in [6, 6.07) is 1.22. The normalized spacial score (nSPS) is 12.2. The highest BCUT2D eigenvalue weighted by Gasteiger charge is 2.15. The van der Waals surface area contributed by atoms with Crippen LogP contribution < -0.4 is 5.32 Å². The molecule has 0 amide bonds. The number of hydrogen-bond acceptors (Lipinski definition) is 6. The Balaban J connectivity index is 2.59. The quantitative estimate of drug-likeness (QED) is 0.577. The van der Waals surface area contributed by atoms with E-state index in [0.717, 1.165) is 0 Å². The smallest absolute Gasteiger partial charge is 0.312 e. The molecule has 0 aromatic carbocycles. The van der Waals surface area contributed by atoms with Gasteiger partial charge in [-0.3, -0.25) is 10.1 Å². The minimum Gasteiger partial charge on any atom is -0.391 e. The molecule has 100 valence electrons. The Morgan fingerprint density at radius 2 is 2.44 bits per heavy atom. The molecule has 2 N–H and O–H groups in total. The van der Waals surface area contributed by atoms with Gasteiger partial charge in [-0.1, -0.05) is 11.6 Å². The van der Waals surface area contributed by atoms with Crippen molar-refractivity contribution in [2.45, 2.75) is 12.5 Å². The number of aromatic nitrogens is 1. The first-order valence-electron chi connectivity index (χ1n) is 5.25. The molecular formula is C10H14ClN3O4. The predicted molar refractivity (Wildman–Crippen MR) is 66.9 cm³/mol. The van der Waals surface area contributed by atoms with E-state index in [4.69, 9.17) is 16.3 Å². The number of aliphatic hydroxyl groups excluding tert-OH is 1. The summed E-state index contributed by atoms with van der Waals surface area (Å²) in [6.45, 7) is 0.567. The Morgan fingerprint density at radius 3 is 3.06 bits per heavy atom. The SMILES string of the molecule is COCC(O)CCNc1ncc(Cl)cc1[N+](=O)[O-]. The molecular weight excluding hydrogens is 262 g/mol. The lowest BCUT2D eigenvalue weighted by Crippen LogP contribution is -2.19. The van der Waals surface area contributed by atoms with Gasteiger partial charge in [0.1, 0.15) is 0 Å². The average molecular weight is 276 g/mol. The number of nitro groups is 1. The van der Waals surface area contributed by atoms with Crippen molar-refractivity contribution in [2.24, 2.45) is 0 Å². The van der Waals surface area contributed by atoms with Crippen LogP contribution >= 0.6 is 11.6 Å². The maximum Gasteiger partial charge on any atom is 0.312 e. The second kappa shape index (κ2) is 7.10. The molecule has 1 unspecified atom stereocenters. The topological polar surface area (TPSA) is 97.5 Å². The lowest BCUT2D eigenvalue weighted by atomic mass is 10.2. The number of rotatable bonds is 7. The van der Waals surface area contributed by atoms with Crippen molar-refractivity contribution < 1.29 is 14.8 Å². The van der Waals surface area contributed by atoms with Crippen molar-refractivity contribution in [3.8, 4) is 0 Å². The van der Waals surface area contributed by atoms with E-state index in [-0.39, 0.29) is 23.1 Å². The van der Waals surface area contributed by atoms with Gasteiger partial charge in [-0.2, -0.15) is 0 Å². The van der Waals surface area contributed by atoms with Crippen molar-refractivity contribution in [1.82, 2.24) is 4.98 Å². The molecule has 0 fully saturated rings. The van der Waals surface area contributed by atoms with Crippen LogP contribution in [0.5, 0.6) is 0 Å². The molecule has 0 bridgehead atoms. The highest BCUT2D eigenvalue weighted by atomic mass is 35.5. The van der Waals surface area contributed by atoms with Crippen LogP contribution in [0.1, 0.15) is 6.42 Å². The van der Waals surface area contributed by atoms with Crippen LogP contribution in [0.3, 0.4) is 0 Å².